The summed E-state index contributed by atoms with van der Waals surface area (Å²) in [7, 11) is 0. The van der Waals surface area contributed by atoms with E-state index in [1.165, 1.54) is 11.3 Å². The molecule has 0 bridgehead atoms. The fraction of sp³-hybridized carbons (Fsp3) is 0.0667. The molecule has 0 aliphatic carbocycles. The van der Waals surface area contributed by atoms with Crippen molar-refractivity contribution in [2.75, 3.05) is 6.61 Å². The van der Waals surface area contributed by atoms with Crippen LogP contribution in [0.5, 0.6) is 0 Å². The van der Waals surface area contributed by atoms with E-state index in [-0.39, 0.29) is 12.6 Å². The molecule has 0 saturated heterocycles. The number of nitrogens with zero attached hydrogens (tertiary/aromatic N) is 1. The number of hydrogen-bond donors (Lipinski definition) is 0. The van der Waals surface area contributed by atoms with Crippen molar-refractivity contribution in [3.8, 4) is 17.9 Å². The molecular formula is C15H9NO2S. The minimum Gasteiger partial charge on any atom is -0.448 e. The van der Waals surface area contributed by atoms with Crippen molar-refractivity contribution in [2.24, 2.45) is 0 Å². The third-order valence-corrected chi connectivity index (χ3v) is 3.09. The van der Waals surface area contributed by atoms with Crippen LogP contribution in [0.4, 0.5) is 0 Å². The lowest BCUT2D eigenvalue weighted by Crippen LogP contribution is -2.02. The molecule has 0 unspecified atom stereocenters. The number of carbonyl (C=O) groups is 1. The molecule has 0 aliphatic heterocycles. The zero-order valence-electron chi connectivity index (χ0n) is 9.92. The Morgan fingerprint density at radius 1 is 1.21 bits per heavy atom. The Morgan fingerprint density at radius 3 is 2.58 bits per heavy atom. The topological polar surface area (TPSA) is 50.1 Å². The molecule has 0 N–H and O–H groups in total. The van der Waals surface area contributed by atoms with Crippen molar-refractivity contribution in [1.82, 2.24) is 0 Å². The summed E-state index contributed by atoms with van der Waals surface area (Å²) in [5, 5.41) is 10.5. The number of nitriles is 1. The van der Waals surface area contributed by atoms with Crippen LogP contribution < -0.4 is 0 Å². The highest BCUT2D eigenvalue weighted by Crippen LogP contribution is 2.09. The van der Waals surface area contributed by atoms with Crippen LogP contribution >= 0.6 is 11.3 Å². The van der Waals surface area contributed by atoms with E-state index in [4.69, 9.17) is 10.00 Å². The van der Waals surface area contributed by atoms with E-state index in [0.29, 0.717) is 10.4 Å². The van der Waals surface area contributed by atoms with Crippen molar-refractivity contribution in [3.63, 3.8) is 0 Å². The number of carbonyl (C=O) groups excluding carboxylic acids is 1. The summed E-state index contributed by atoms with van der Waals surface area (Å²) in [6.07, 6.45) is 0. The van der Waals surface area contributed by atoms with Crippen LogP contribution in [0.15, 0.2) is 41.8 Å². The molecule has 0 atom stereocenters. The smallest absolute Gasteiger partial charge is 0.349 e. The lowest BCUT2D eigenvalue weighted by molar-refractivity contribution is 0.0562. The zero-order valence-corrected chi connectivity index (χ0v) is 10.7. The quantitative estimate of drug-likeness (QED) is 0.621. The Hall–Kier alpha value is -2.56. The number of thiophene rings is 1. The molecule has 0 radical (unpaired) electrons. The fourth-order valence-corrected chi connectivity index (χ4v) is 1.95. The van der Waals surface area contributed by atoms with Crippen LogP contribution in [-0.4, -0.2) is 12.6 Å². The molecule has 1 aromatic carbocycles. The number of benzene rings is 1. The predicted molar refractivity (Wildman–Crippen MR) is 72.6 cm³/mol. The van der Waals surface area contributed by atoms with Crippen LogP contribution in [0.3, 0.4) is 0 Å². The van der Waals surface area contributed by atoms with E-state index < -0.39 is 0 Å². The first kappa shape index (κ1) is 12.9. The molecule has 3 nitrogen and oxygen atoms in total. The molecule has 0 saturated carbocycles. The van der Waals surface area contributed by atoms with Gasteiger partial charge < -0.3 is 4.74 Å². The molecule has 2 aromatic rings. The van der Waals surface area contributed by atoms with Gasteiger partial charge in [0.1, 0.15) is 4.88 Å². The van der Waals surface area contributed by atoms with Crippen LogP contribution in [0.25, 0.3) is 0 Å². The molecule has 1 aromatic heterocycles. The summed E-state index contributed by atoms with van der Waals surface area (Å²) < 4.78 is 5.00. The lowest BCUT2D eigenvalue weighted by atomic mass is 10.1. The molecule has 4 heteroatoms. The average Bonchev–Trinajstić information content (AvgIpc) is 2.98. The molecule has 0 fully saturated rings. The number of hydrogen-bond acceptors (Lipinski definition) is 4. The van der Waals surface area contributed by atoms with E-state index in [1.54, 1.807) is 36.4 Å². The van der Waals surface area contributed by atoms with Gasteiger partial charge in [0.2, 0.25) is 0 Å². The summed E-state index contributed by atoms with van der Waals surface area (Å²) in [4.78, 5) is 12.1. The van der Waals surface area contributed by atoms with Crippen LogP contribution in [-0.2, 0) is 4.74 Å². The molecule has 92 valence electrons. The molecule has 0 amide bonds. The molecular weight excluding hydrogens is 258 g/mol. The number of rotatable bonds is 2. The minimum absolute atomic E-state index is 0.0523. The van der Waals surface area contributed by atoms with E-state index in [1.807, 2.05) is 11.4 Å². The van der Waals surface area contributed by atoms with Gasteiger partial charge in [0.05, 0.1) is 11.6 Å². The molecule has 0 spiro atoms. The Kier molecular flexibility index (Phi) is 4.34. The first-order valence-electron chi connectivity index (χ1n) is 5.49. The van der Waals surface area contributed by atoms with Gasteiger partial charge in [0.25, 0.3) is 0 Å². The van der Waals surface area contributed by atoms with Crippen LogP contribution in [0, 0.1) is 23.2 Å². The Bertz CT molecular complexity index is 655. The number of esters is 1. The third kappa shape index (κ3) is 3.70. The van der Waals surface area contributed by atoms with E-state index in [2.05, 4.69) is 11.8 Å². The van der Waals surface area contributed by atoms with Crippen molar-refractivity contribution in [3.05, 3.63) is 57.8 Å². The van der Waals surface area contributed by atoms with Gasteiger partial charge in [0, 0.05) is 5.56 Å². The highest BCUT2D eigenvalue weighted by atomic mass is 32.1. The maximum Gasteiger partial charge on any atom is 0.349 e. The predicted octanol–water partition coefficient (Wildman–Crippen LogP) is 2.83. The van der Waals surface area contributed by atoms with E-state index in [9.17, 15) is 4.79 Å². The van der Waals surface area contributed by atoms with Gasteiger partial charge >= 0.3 is 5.97 Å². The Balaban J connectivity index is 1.87. The van der Waals surface area contributed by atoms with Crippen molar-refractivity contribution < 1.29 is 9.53 Å². The summed E-state index contributed by atoms with van der Waals surface area (Å²) in [5.41, 5.74) is 1.38. The molecule has 2 rings (SSSR count). The van der Waals surface area contributed by atoms with Gasteiger partial charge in [-0.1, -0.05) is 17.9 Å². The van der Waals surface area contributed by atoms with Crippen LogP contribution in [0.2, 0.25) is 0 Å². The summed E-state index contributed by atoms with van der Waals surface area (Å²) >= 11 is 1.34. The standard InChI is InChI=1S/C15H9NO2S/c16-11-13-7-5-12(6-8-13)3-1-9-18-15(17)14-4-2-10-19-14/h2,4-8,10H,9H2. The normalized spacial score (nSPS) is 9.00. The van der Waals surface area contributed by atoms with Crippen molar-refractivity contribution in [1.29, 1.82) is 5.26 Å². The average molecular weight is 267 g/mol. The minimum atomic E-state index is -0.357. The Labute approximate surface area is 115 Å². The van der Waals surface area contributed by atoms with Crippen molar-refractivity contribution >= 4 is 17.3 Å². The zero-order chi connectivity index (χ0) is 13.5. The highest BCUT2D eigenvalue weighted by molar-refractivity contribution is 7.11. The maximum atomic E-state index is 11.5. The van der Waals surface area contributed by atoms with Gasteiger partial charge in [-0.05, 0) is 35.7 Å². The second-order valence-electron chi connectivity index (χ2n) is 3.54. The number of ether oxygens (including phenoxy) is 1. The fourth-order valence-electron chi connectivity index (χ4n) is 1.33. The lowest BCUT2D eigenvalue weighted by Gasteiger charge is -1.96. The van der Waals surface area contributed by atoms with E-state index >= 15 is 0 Å². The van der Waals surface area contributed by atoms with Gasteiger partial charge in [-0.2, -0.15) is 5.26 Å². The van der Waals surface area contributed by atoms with Crippen LogP contribution in [0.1, 0.15) is 20.8 Å². The summed E-state index contributed by atoms with van der Waals surface area (Å²) in [5.74, 6) is 5.27. The molecule has 1 heterocycles. The SMILES string of the molecule is N#Cc1ccc(C#CCOC(=O)c2cccs2)cc1. The first-order chi connectivity index (χ1) is 9.29. The first-order valence-corrected chi connectivity index (χ1v) is 6.37. The van der Waals surface area contributed by atoms with Crippen molar-refractivity contribution in [2.45, 2.75) is 0 Å². The molecule has 19 heavy (non-hydrogen) atoms. The second-order valence-corrected chi connectivity index (χ2v) is 4.49. The van der Waals surface area contributed by atoms with Gasteiger partial charge in [-0.3, -0.25) is 0 Å². The largest absolute Gasteiger partial charge is 0.448 e. The van der Waals surface area contributed by atoms with Gasteiger partial charge in [-0.25, -0.2) is 4.79 Å². The Morgan fingerprint density at radius 2 is 1.95 bits per heavy atom. The van der Waals surface area contributed by atoms with Gasteiger partial charge in [-0.15, -0.1) is 11.3 Å². The summed E-state index contributed by atoms with van der Waals surface area (Å²) in [6, 6.07) is 12.4. The monoisotopic (exact) mass is 267 g/mol. The maximum absolute atomic E-state index is 11.5. The second kappa shape index (κ2) is 6.39. The van der Waals surface area contributed by atoms with Gasteiger partial charge in [0.15, 0.2) is 6.61 Å². The summed E-state index contributed by atoms with van der Waals surface area (Å²) in [6.45, 7) is 0.0523. The molecule has 0 aliphatic rings. The van der Waals surface area contributed by atoms with E-state index in [0.717, 1.165) is 5.56 Å². The third-order valence-electron chi connectivity index (χ3n) is 2.24. The highest BCUT2D eigenvalue weighted by Gasteiger charge is 2.05.